The van der Waals surface area contributed by atoms with E-state index in [4.69, 9.17) is 14.2 Å². The number of carbonyl (C=O) groups excluding carboxylic acids is 3. The smallest absolute Gasteiger partial charge is 0.306 e. The van der Waals surface area contributed by atoms with Crippen LogP contribution >= 0.6 is 0 Å². The van der Waals surface area contributed by atoms with Crippen molar-refractivity contribution in [1.82, 2.24) is 0 Å². The van der Waals surface area contributed by atoms with Gasteiger partial charge in [-0.25, -0.2) is 0 Å². The van der Waals surface area contributed by atoms with E-state index in [0.29, 0.717) is 19.3 Å². The number of hydrogen-bond donors (Lipinski definition) is 0. The molecule has 0 rings (SSSR count). The Bertz CT molecular complexity index is 841. The molecule has 0 saturated carbocycles. The summed E-state index contributed by atoms with van der Waals surface area (Å²) in [6.45, 7) is 11.3. The molecular formula is C49H94O6. The second-order valence-electron chi connectivity index (χ2n) is 17.5. The van der Waals surface area contributed by atoms with Gasteiger partial charge >= 0.3 is 17.9 Å². The van der Waals surface area contributed by atoms with E-state index in [1.807, 2.05) is 0 Å². The van der Waals surface area contributed by atoms with E-state index < -0.39 is 6.10 Å². The van der Waals surface area contributed by atoms with E-state index in [2.05, 4.69) is 34.6 Å². The molecule has 0 radical (unpaired) electrons. The van der Waals surface area contributed by atoms with Crippen LogP contribution in [0.4, 0.5) is 0 Å². The van der Waals surface area contributed by atoms with Crippen LogP contribution < -0.4 is 0 Å². The molecule has 0 bridgehead atoms. The zero-order chi connectivity index (χ0) is 40.5. The predicted octanol–water partition coefficient (Wildman–Crippen LogP) is 15.4. The maximum absolute atomic E-state index is 12.7. The molecule has 0 aliphatic rings. The van der Waals surface area contributed by atoms with Gasteiger partial charge in [0.25, 0.3) is 0 Å². The van der Waals surface area contributed by atoms with Crippen LogP contribution in [0.5, 0.6) is 0 Å². The summed E-state index contributed by atoms with van der Waals surface area (Å²) >= 11 is 0. The highest BCUT2D eigenvalue weighted by atomic mass is 16.6. The van der Waals surface area contributed by atoms with Gasteiger partial charge < -0.3 is 14.2 Å². The van der Waals surface area contributed by atoms with E-state index in [-0.39, 0.29) is 31.1 Å². The molecule has 0 heterocycles. The number of rotatable bonds is 43. The molecule has 0 amide bonds. The van der Waals surface area contributed by atoms with Gasteiger partial charge in [0.05, 0.1) is 0 Å². The van der Waals surface area contributed by atoms with Crippen LogP contribution in [0.2, 0.25) is 0 Å². The lowest BCUT2D eigenvalue weighted by atomic mass is 10.00. The van der Waals surface area contributed by atoms with E-state index in [1.54, 1.807) is 0 Å². The minimum absolute atomic E-state index is 0.0657. The molecule has 1 unspecified atom stereocenters. The van der Waals surface area contributed by atoms with Gasteiger partial charge in [-0.05, 0) is 31.1 Å². The minimum atomic E-state index is -0.762. The van der Waals surface area contributed by atoms with Gasteiger partial charge in [0.2, 0.25) is 0 Å². The SMILES string of the molecule is CCCCCCCCCCCCCCCCCCCC(=O)OC[C@@H](COC(=O)CCCCCCCCCC(C)C)OC(=O)CCCCCCCCC(C)CC. The summed E-state index contributed by atoms with van der Waals surface area (Å²) in [6, 6.07) is 0. The monoisotopic (exact) mass is 779 g/mol. The summed E-state index contributed by atoms with van der Waals surface area (Å²) in [4.78, 5) is 37.7. The summed E-state index contributed by atoms with van der Waals surface area (Å²) in [5.41, 5.74) is 0. The highest BCUT2D eigenvalue weighted by Gasteiger charge is 2.19. The average molecular weight is 779 g/mol. The first kappa shape index (κ1) is 53.4. The van der Waals surface area contributed by atoms with Crippen LogP contribution in [-0.2, 0) is 28.6 Å². The number of ether oxygens (including phenoxy) is 3. The van der Waals surface area contributed by atoms with Crippen LogP contribution in [0.15, 0.2) is 0 Å². The van der Waals surface area contributed by atoms with Crippen molar-refractivity contribution in [3.63, 3.8) is 0 Å². The maximum atomic E-state index is 12.7. The molecule has 2 atom stereocenters. The lowest BCUT2D eigenvalue weighted by Crippen LogP contribution is -2.30. The summed E-state index contributed by atoms with van der Waals surface area (Å²) in [7, 11) is 0. The van der Waals surface area contributed by atoms with Crippen molar-refractivity contribution in [2.75, 3.05) is 13.2 Å². The van der Waals surface area contributed by atoms with Crippen molar-refractivity contribution in [3.05, 3.63) is 0 Å². The molecule has 55 heavy (non-hydrogen) atoms. The third-order valence-corrected chi connectivity index (χ3v) is 11.3. The average Bonchev–Trinajstić information content (AvgIpc) is 3.17. The fourth-order valence-corrected chi connectivity index (χ4v) is 7.25. The van der Waals surface area contributed by atoms with Gasteiger partial charge in [0.15, 0.2) is 6.10 Å². The molecule has 326 valence electrons. The van der Waals surface area contributed by atoms with Gasteiger partial charge in [0.1, 0.15) is 13.2 Å². The zero-order valence-electron chi connectivity index (χ0n) is 37.6. The molecule has 0 aliphatic carbocycles. The van der Waals surface area contributed by atoms with Crippen molar-refractivity contribution >= 4 is 17.9 Å². The molecule has 0 fully saturated rings. The Kier molecular flexibility index (Phi) is 40.8. The molecule has 0 saturated heterocycles. The zero-order valence-corrected chi connectivity index (χ0v) is 37.6. The Morgan fingerprint density at radius 3 is 1.04 bits per heavy atom. The van der Waals surface area contributed by atoms with Crippen LogP contribution in [0.1, 0.15) is 266 Å². The lowest BCUT2D eigenvalue weighted by Gasteiger charge is -2.18. The standard InChI is InChI=1S/C49H94O6/c1-6-8-9-10-11-12-13-14-15-16-17-18-19-20-23-29-34-39-47(50)53-42-46(55-49(52)41-36-31-26-25-28-33-38-45(5)7-2)43-54-48(51)40-35-30-24-21-22-27-32-37-44(3)4/h44-46H,6-43H2,1-5H3/t45?,46-/m0/s1. The summed E-state index contributed by atoms with van der Waals surface area (Å²) in [6.07, 6.45) is 41.0. The predicted molar refractivity (Wildman–Crippen MR) is 233 cm³/mol. The van der Waals surface area contributed by atoms with Crippen LogP contribution in [-0.4, -0.2) is 37.2 Å². The molecule has 0 aromatic carbocycles. The Morgan fingerprint density at radius 1 is 0.382 bits per heavy atom. The van der Waals surface area contributed by atoms with Gasteiger partial charge in [-0.1, -0.05) is 227 Å². The van der Waals surface area contributed by atoms with Crippen molar-refractivity contribution in [1.29, 1.82) is 0 Å². The number of unbranched alkanes of at least 4 members (excludes halogenated alkanes) is 27. The minimum Gasteiger partial charge on any atom is -0.462 e. The number of carbonyl (C=O) groups is 3. The first-order valence-corrected chi connectivity index (χ1v) is 24.3. The van der Waals surface area contributed by atoms with Crippen molar-refractivity contribution in [3.8, 4) is 0 Å². The van der Waals surface area contributed by atoms with Gasteiger partial charge in [-0.2, -0.15) is 0 Å². The second kappa shape index (κ2) is 42.0. The first-order valence-electron chi connectivity index (χ1n) is 24.3. The second-order valence-corrected chi connectivity index (χ2v) is 17.5. The first-order chi connectivity index (χ1) is 26.8. The highest BCUT2D eigenvalue weighted by molar-refractivity contribution is 5.71. The van der Waals surface area contributed by atoms with E-state index in [1.165, 1.54) is 154 Å². The van der Waals surface area contributed by atoms with Crippen LogP contribution in [0, 0.1) is 11.8 Å². The summed E-state index contributed by atoms with van der Waals surface area (Å²) < 4.78 is 16.7. The van der Waals surface area contributed by atoms with Crippen LogP contribution in [0.3, 0.4) is 0 Å². The summed E-state index contributed by atoms with van der Waals surface area (Å²) in [5.74, 6) is 0.732. The summed E-state index contributed by atoms with van der Waals surface area (Å²) in [5, 5.41) is 0. The topological polar surface area (TPSA) is 78.9 Å². The van der Waals surface area contributed by atoms with Crippen LogP contribution in [0.25, 0.3) is 0 Å². The Morgan fingerprint density at radius 2 is 0.691 bits per heavy atom. The largest absolute Gasteiger partial charge is 0.462 e. The molecule has 0 spiro atoms. The number of esters is 3. The maximum Gasteiger partial charge on any atom is 0.306 e. The molecule has 0 N–H and O–H groups in total. The molecular weight excluding hydrogens is 685 g/mol. The fraction of sp³-hybridized carbons (Fsp3) is 0.939. The molecule has 6 heteroatoms. The molecule has 0 aliphatic heterocycles. The third kappa shape index (κ3) is 41.9. The third-order valence-electron chi connectivity index (χ3n) is 11.3. The fourth-order valence-electron chi connectivity index (χ4n) is 7.25. The quantitative estimate of drug-likeness (QED) is 0.0348. The lowest BCUT2D eigenvalue weighted by molar-refractivity contribution is -0.167. The van der Waals surface area contributed by atoms with Gasteiger partial charge in [0, 0.05) is 19.3 Å². The Labute approximate surface area is 342 Å². The van der Waals surface area contributed by atoms with Gasteiger partial charge in [-0.15, -0.1) is 0 Å². The normalized spacial score (nSPS) is 12.5. The van der Waals surface area contributed by atoms with Crippen molar-refractivity contribution < 1.29 is 28.6 Å². The number of hydrogen-bond acceptors (Lipinski definition) is 6. The highest BCUT2D eigenvalue weighted by Crippen LogP contribution is 2.17. The van der Waals surface area contributed by atoms with Gasteiger partial charge in [-0.3, -0.25) is 14.4 Å². The van der Waals surface area contributed by atoms with E-state index in [0.717, 1.165) is 69.6 Å². The van der Waals surface area contributed by atoms with Crippen molar-refractivity contribution in [2.45, 2.75) is 272 Å². The molecule has 6 nitrogen and oxygen atoms in total. The van der Waals surface area contributed by atoms with E-state index in [9.17, 15) is 14.4 Å². The Hall–Kier alpha value is -1.59. The molecule has 0 aromatic rings. The van der Waals surface area contributed by atoms with Crippen molar-refractivity contribution in [2.24, 2.45) is 11.8 Å². The molecule has 0 aromatic heterocycles. The van der Waals surface area contributed by atoms with E-state index >= 15 is 0 Å². The Balaban J connectivity index is 4.26.